The lowest BCUT2D eigenvalue weighted by molar-refractivity contribution is -0.153. The van der Waals surface area contributed by atoms with Gasteiger partial charge in [-0.25, -0.2) is 0 Å². The van der Waals surface area contributed by atoms with Gasteiger partial charge in [0.15, 0.2) is 18.1 Å². The fraction of sp³-hybridized carbons (Fsp3) is 0.500. The van der Waals surface area contributed by atoms with E-state index < -0.39 is 12.8 Å². The zero-order valence-corrected chi connectivity index (χ0v) is 13.6. The maximum absolute atomic E-state index is 12.1. The Hall–Kier alpha value is -1.67. The van der Waals surface area contributed by atoms with Crippen LogP contribution in [0.3, 0.4) is 0 Å². The molecule has 0 radical (unpaired) electrons. The van der Waals surface area contributed by atoms with Crippen molar-refractivity contribution in [1.29, 1.82) is 0 Å². The van der Waals surface area contributed by atoms with Crippen molar-refractivity contribution in [2.24, 2.45) is 0 Å². The number of ether oxygens (including phenoxy) is 2. The lowest BCUT2D eigenvalue weighted by atomic mass is 10.2. The molecule has 0 spiro atoms. The molecule has 0 fully saturated rings. The molecule has 1 amide bonds. The molecule has 0 aliphatic heterocycles. The highest BCUT2D eigenvalue weighted by Crippen LogP contribution is 2.29. The van der Waals surface area contributed by atoms with E-state index in [0.29, 0.717) is 18.5 Å². The SMILES string of the molecule is CNCCC(=O)NCc1ccc(OCC(F)(F)F)c(OC)c1.Cl. The molecule has 0 aromatic heterocycles. The maximum atomic E-state index is 12.1. The van der Waals surface area contributed by atoms with Crippen molar-refractivity contribution in [2.45, 2.75) is 19.1 Å². The maximum Gasteiger partial charge on any atom is 0.422 e. The molecule has 0 heterocycles. The number of hydrogen-bond donors (Lipinski definition) is 2. The van der Waals surface area contributed by atoms with E-state index in [1.54, 1.807) is 13.1 Å². The van der Waals surface area contributed by atoms with Gasteiger partial charge in [-0.2, -0.15) is 13.2 Å². The number of benzene rings is 1. The minimum absolute atomic E-state index is 0. The van der Waals surface area contributed by atoms with E-state index >= 15 is 0 Å². The second-order valence-electron chi connectivity index (χ2n) is 4.52. The van der Waals surface area contributed by atoms with Gasteiger partial charge in [-0.3, -0.25) is 4.79 Å². The van der Waals surface area contributed by atoms with Gasteiger partial charge in [0.25, 0.3) is 0 Å². The smallest absolute Gasteiger partial charge is 0.422 e. The van der Waals surface area contributed by atoms with Crippen molar-refractivity contribution in [3.05, 3.63) is 23.8 Å². The van der Waals surface area contributed by atoms with Crippen LogP contribution < -0.4 is 20.1 Å². The molecule has 0 unspecified atom stereocenters. The third-order valence-electron chi connectivity index (χ3n) is 2.71. The monoisotopic (exact) mass is 356 g/mol. The zero-order chi connectivity index (χ0) is 16.6. The summed E-state index contributed by atoms with van der Waals surface area (Å²) in [4.78, 5) is 11.5. The van der Waals surface area contributed by atoms with Crippen LogP contribution in [0.15, 0.2) is 18.2 Å². The number of halogens is 4. The minimum Gasteiger partial charge on any atom is -0.493 e. The summed E-state index contributed by atoms with van der Waals surface area (Å²) in [6.45, 7) is -0.554. The average Bonchev–Trinajstić information content (AvgIpc) is 2.48. The van der Waals surface area contributed by atoms with Gasteiger partial charge >= 0.3 is 6.18 Å². The quantitative estimate of drug-likeness (QED) is 0.750. The van der Waals surface area contributed by atoms with Crippen LogP contribution in [-0.4, -0.2) is 39.4 Å². The Morgan fingerprint density at radius 1 is 1.26 bits per heavy atom. The van der Waals surface area contributed by atoms with E-state index in [1.807, 2.05) is 0 Å². The first-order chi connectivity index (χ1) is 10.4. The molecular formula is C14H20ClF3N2O3. The number of carbonyl (C=O) groups excluding carboxylic acids is 1. The molecule has 9 heteroatoms. The van der Waals surface area contributed by atoms with Crippen molar-refractivity contribution < 1.29 is 27.4 Å². The van der Waals surface area contributed by atoms with Gasteiger partial charge in [0, 0.05) is 19.5 Å². The Bertz CT molecular complexity index is 499. The number of nitrogens with one attached hydrogen (secondary N) is 2. The van der Waals surface area contributed by atoms with Gasteiger partial charge in [-0.15, -0.1) is 12.4 Å². The highest BCUT2D eigenvalue weighted by Gasteiger charge is 2.29. The van der Waals surface area contributed by atoms with Crippen LogP contribution >= 0.6 is 12.4 Å². The first-order valence-electron chi connectivity index (χ1n) is 6.63. The largest absolute Gasteiger partial charge is 0.493 e. The molecule has 132 valence electrons. The molecule has 0 saturated heterocycles. The van der Waals surface area contributed by atoms with Crippen molar-refractivity contribution in [2.75, 3.05) is 27.3 Å². The number of amides is 1. The molecule has 0 aliphatic rings. The van der Waals surface area contributed by atoms with Gasteiger partial charge in [-0.1, -0.05) is 6.07 Å². The standard InChI is InChI=1S/C14H19F3N2O3.ClH/c1-18-6-5-13(20)19-8-10-3-4-11(12(7-10)21-2)22-9-14(15,16)17;/h3-4,7,18H,5-6,8-9H2,1-2H3,(H,19,20);1H. The summed E-state index contributed by atoms with van der Waals surface area (Å²) in [5, 5.41) is 5.56. The van der Waals surface area contributed by atoms with Gasteiger partial charge in [0.2, 0.25) is 5.91 Å². The van der Waals surface area contributed by atoms with E-state index in [0.717, 1.165) is 0 Å². The normalized spacial score (nSPS) is 10.7. The summed E-state index contributed by atoms with van der Waals surface area (Å²) >= 11 is 0. The van der Waals surface area contributed by atoms with Crippen molar-refractivity contribution in [3.8, 4) is 11.5 Å². The number of carbonyl (C=O) groups is 1. The molecule has 2 N–H and O–H groups in total. The Kier molecular flexibility index (Phi) is 9.43. The molecule has 0 bridgehead atoms. The fourth-order valence-corrected chi connectivity index (χ4v) is 1.63. The van der Waals surface area contributed by atoms with E-state index in [2.05, 4.69) is 15.4 Å². The van der Waals surface area contributed by atoms with Crippen LogP contribution in [-0.2, 0) is 11.3 Å². The molecule has 1 aromatic rings. The van der Waals surface area contributed by atoms with Crippen LogP contribution in [0.2, 0.25) is 0 Å². The fourth-order valence-electron chi connectivity index (χ4n) is 1.63. The van der Waals surface area contributed by atoms with Gasteiger partial charge in [0.05, 0.1) is 7.11 Å². The molecule has 0 atom stereocenters. The molecule has 1 aromatic carbocycles. The van der Waals surface area contributed by atoms with E-state index in [4.69, 9.17) is 4.74 Å². The molecular weight excluding hydrogens is 337 g/mol. The van der Waals surface area contributed by atoms with Crippen LogP contribution in [0.5, 0.6) is 11.5 Å². The van der Waals surface area contributed by atoms with Crippen molar-refractivity contribution in [3.63, 3.8) is 0 Å². The van der Waals surface area contributed by atoms with Crippen molar-refractivity contribution in [1.82, 2.24) is 10.6 Å². The minimum atomic E-state index is -4.41. The molecule has 23 heavy (non-hydrogen) atoms. The predicted octanol–water partition coefficient (Wildman–Crippen LogP) is 2.28. The lowest BCUT2D eigenvalue weighted by Crippen LogP contribution is -2.26. The molecule has 0 aliphatic carbocycles. The number of alkyl halides is 3. The lowest BCUT2D eigenvalue weighted by Gasteiger charge is -2.14. The van der Waals surface area contributed by atoms with Gasteiger partial charge < -0.3 is 20.1 Å². The van der Waals surface area contributed by atoms with E-state index in [1.165, 1.54) is 19.2 Å². The third kappa shape index (κ3) is 8.51. The summed E-state index contributed by atoms with van der Waals surface area (Å²) in [7, 11) is 3.09. The Morgan fingerprint density at radius 2 is 1.96 bits per heavy atom. The van der Waals surface area contributed by atoms with Crippen LogP contribution in [0.25, 0.3) is 0 Å². The summed E-state index contributed by atoms with van der Waals surface area (Å²) in [5.74, 6) is 0.0713. The van der Waals surface area contributed by atoms with Crippen LogP contribution in [0, 0.1) is 0 Å². The van der Waals surface area contributed by atoms with Gasteiger partial charge in [0.1, 0.15) is 0 Å². The Labute approximate surface area is 138 Å². The second kappa shape index (κ2) is 10.2. The first-order valence-corrected chi connectivity index (χ1v) is 6.63. The highest BCUT2D eigenvalue weighted by atomic mass is 35.5. The van der Waals surface area contributed by atoms with Crippen LogP contribution in [0.4, 0.5) is 13.2 Å². The summed E-state index contributed by atoms with van der Waals surface area (Å²) in [6, 6.07) is 4.50. The topological polar surface area (TPSA) is 59.6 Å². The van der Waals surface area contributed by atoms with E-state index in [9.17, 15) is 18.0 Å². The third-order valence-corrected chi connectivity index (χ3v) is 2.71. The predicted molar refractivity (Wildman–Crippen MR) is 82.2 cm³/mol. The Balaban J connectivity index is 0.00000484. The second-order valence-corrected chi connectivity index (χ2v) is 4.52. The summed E-state index contributed by atoms with van der Waals surface area (Å²) in [6.07, 6.45) is -4.06. The molecule has 0 saturated carbocycles. The number of methoxy groups -OCH3 is 1. The average molecular weight is 357 g/mol. The van der Waals surface area contributed by atoms with Crippen molar-refractivity contribution >= 4 is 18.3 Å². The van der Waals surface area contributed by atoms with Crippen LogP contribution in [0.1, 0.15) is 12.0 Å². The zero-order valence-electron chi connectivity index (χ0n) is 12.8. The van der Waals surface area contributed by atoms with E-state index in [-0.39, 0.29) is 36.4 Å². The highest BCUT2D eigenvalue weighted by molar-refractivity contribution is 5.85. The number of rotatable bonds is 8. The summed E-state index contributed by atoms with van der Waals surface area (Å²) in [5.41, 5.74) is 0.703. The molecule has 5 nitrogen and oxygen atoms in total. The summed E-state index contributed by atoms with van der Waals surface area (Å²) < 4.78 is 46.1. The molecule has 1 rings (SSSR count). The first kappa shape index (κ1) is 21.3. The van der Waals surface area contributed by atoms with Gasteiger partial charge in [-0.05, 0) is 24.7 Å². The Morgan fingerprint density at radius 3 is 2.52 bits per heavy atom. The number of hydrogen-bond acceptors (Lipinski definition) is 4.